The topological polar surface area (TPSA) is 41.5 Å². The highest BCUT2D eigenvalue weighted by molar-refractivity contribution is 7.19. The number of hydrogen-bond donors (Lipinski definition) is 0. The predicted molar refractivity (Wildman–Crippen MR) is 102 cm³/mol. The van der Waals surface area contributed by atoms with Crippen LogP contribution in [0.15, 0.2) is 0 Å². The van der Waals surface area contributed by atoms with E-state index in [1.807, 2.05) is 11.3 Å². The molecule has 0 spiro atoms. The van der Waals surface area contributed by atoms with Crippen LogP contribution in [-0.2, 0) is 24.1 Å². The van der Waals surface area contributed by atoms with Crippen molar-refractivity contribution >= 4 is 27.4 Å². The van der Waals surface area contributed by atoms with E-state index in [9.17, 15) is 0 Å². The number of aromatic nitrogens is 2. The predicted octanol–water partition coefficient (Wildman–Crippen LogP) is 2.86. The van der Waals surface area contributed by atoms with Crippen LogP contribution >= 0.6 is 11.3 Å². The normalized spacial score (nSPS) is 24.4. The van der Waals surface area contributed by atoms with E-state index in [1.165, 1.54) is 41.7 Å². The summed E-state index contributed by atoms with van der Waals surface area (Å²) in [5.41, 5.74) is 1.55. The van der Waals surface area contributed by atoms with Gasteiger partial charge in [0.05, 0.1) is 25.1 Å². The van der Waals surface area contributed by atoms with Crippen molar-refractivity contribution in [1.82, 2.24) is 14.9 Å². The minimum Gasteiger partial charge on any atom is -0.379 e. The first kappa shape index (κ1) is 16.0. The van der Waals surface area contributed by atoms with E-state index in [4.69, 9.17) is 14.7 Å². The van der Waals surface area contributed by atoms with Gasteiger partial charge in [-0.15, -0.1) is 11.3 Å². The van der Waals surface area contributed by atoms with Gasteiger partial charge in [0.15, 0.2) is 0 Å². The molecule has 0 amide bonds. The number of rotatable bonds is 3. The average molecular weight is 359 g/mol. The summed E-state index contributed by atoms with van der Waals surface area (Å²) in [6.07, 6.45) is 5.00. The Bertz CT molecular complexity index is 779. The largest absolute Gasteiger partial charge is 0.379 e. The van der Waals surface area contributed by atoms with Gasteiger partial charge >= 0.3 is 0 Å². The molecule has 0 unspecified atom stereocenters. The van der Waals surface area contributed by atoms with Crippen molar-refractivity contribution in [3.05, 3.63) is 16.3 Å². The number of nitrogens with zero attached hydrogens (tertiary/aromatic N) is 4. The number of ether oxygens (including phenoxy) is 1. The zero-order valence-corrected chi connectivity index (χ0v) is 15.8. The van der Waals surface area contributed by atoms with E-state index in [0.717, 1.165) is 57.7 Å². The van der Waals surface area contributed by atoms with Crippen molar-refractivity contribution in [2.75, 3.05) is 44.3 Å². The number of fused-ring (bicyclic) bond motifs is 3. The Hall–Kier alpha value is -1.24. The zero-order valence-electron chi connectivity index (χ0n) is 15.0. The van der Waals surface area contributed by atoms with Gasteiger partial charge < -0.3 is 9.64 Å². The lowest BCUT2D eigenvalue weighted by molar-refractivity contribution is 0.0331. The fourth-order valence-electron chi connectivity index (χ4n) is 4.15. The summed E-state index contributed by atoms with van der Waals surface area (Å²) in [6, 6.07) is 0. The highest BCUT2D eigenvalue weighted by Gasteiger charge is 2.28. The Balaban J connectivity index is 1.55. The molecule has 5 nitrogen and oxygen atoms in total. The Morgan fingerprint density at radius 1 is 1.16 bits per heavy atom. The SMILES string of the molecule is C[C@H]1CCc2c(sc3nc(CN4CCOCC4)nc(N4CCC4)c23)C1. The lowest BCUT2D eigenvalue weighted by Crippen LogP contribution is -2.39. The summed E-state index contributed by atoms with van der Waals surface area (Å²) in [5.74, 6) is 3.00. The summed E-state index contributed by atoms with van der Waals surface area (Å²) in [4.78, 5) is 17.7. The third kappa shape index (κ3) is 2.94. The van der Waals surface area contributed by atoms with Crippen molar-refractivity contribution in [3.63, 3.8) is 0 Å². The molecule has 0 saturated carbocycles. The first-order valence-corrected chi connectivity index (χ1v) is 10.5. The van der Waals surface area contributed by atoms with Crippen LogP contribution in [0.1, 0.15) is 36.0 Å². The second kappa shape index (κ2) is 6.49. The second-order valence-electron chi connectivity index (χ2n) is 7.72. The molecular formula is C19H26N4OS. The van der Waals surface area contributed by atoms with E-state index in [2.05, 4.69) is 16.7 Å². The van der Waals surface area contributed by atoms with Crippen molar-refractivity contribution in [3.8, 4) is 0 Å². The summed E-state index contributed by atoms with van der Waals surface area (Å²) < 4.78 is 5.47. The highest BCUT2D eigenvalue weighted by atomic mass is 32.1. The molecule has 2 saturated heterocycles. The van der Waals surface area contributed by atoms with Gasteiger partial charge in [0.1, 0.15) is 16.5 Å². The van der Waals surface area contributed by atoms with E-state index >= 15 is 0 Å². The first-order chi connectivity index (χ1) is 12.3. The van der Waals surface area contributed by atoms with Gasteiger partial charge in [-0.05, 0) is 37.2 Å². The quantitative estimate of drug-likeness (QED) is 0.844. The standard InChI is InChI=1S/C19H26N4OS/c1-13-3-4-14-15(11-13)25-19-17(14)18(23-5-2-6-23)20-16(21-19)12-22-7-9-24-10-8-22/h13H,2-12H2,1H3/t13-/m0/s1. The molecule has 6 heteroatoms. The zero-order chi connectivity index (χ0) is 16.8. The smallest absolute Gasteiger partial charge is 0.146 e. The number of morpholine rings is 1. The van der Waals surface area contributed by atoms with E-state index in [0.29, 0.717) is 0 Å². The van der Waals surface area contributed by atoms with Gasteiger partial charge in [-0.1, -0.05) is 6.92 Å². The molecule has 0 aromatic carbocycles. The molecule has 4 heterocycles. The number of aryl methyl sites for hydroxylation is 1. The van der Waals surface area contributed by atoms with Crippen LogP contribution in [-0.4, -0.2) is 54.3 Å². The summed E-state index contributed by atoms with van der Waals surface area (Å²) in [7, 11) is 0. The average Bonchev–Trinajstić information content (AvgIpc) is 2.91. The summed E-state index contributed by atoms with van der Waals surface area (Å²) in [5, 5.41) is 1.37. The molecule has 25 heavy (non-hydrogen) atoms. The molecule has 0 bridgehead atoms. The number of anilines is 1. The minimum absolute atomic E-state index is 0.800. The first-order valence-electron chi connectivity index (χ1n) is 9.64. The third-order valence-electron chi connectivity index (χ3n) is 5.81. The molecule has 1 atom stereocenters. The molecular weight excluding hydrogens is 332 g/mol. The maximum Gasteiger partial charge on any atom is 0.146 e. The van der Waals surface area contributed by atoms with Crippen molar-refractivity contribution in [1.29, 1.82) is 0 Å². The molecule has 3 aliphatic rings. The lowest BCUT2D eigenvalue weighted by atomic mass is 9.89. The molecule has 0 N–H and O–H groups in total. The van der Waals surface area contributed by atoms with Gasteiger partial charge in [-0.3, -0.25) is 4.90 Å². The maximum atomic E-state index is 5.47. The van der Waals surface area contributed by atoms with Crippen LogP contribution in [0.25, 0.3) is 10.2 Å². The lowest BCUT2D eigenvalue weighted by Gasteiger charge is -2.33. The molecule has 134 valence electrons. The minimum atomic E-state index is 0.800. The van der Waals surface area contributed by atoms with Crippen LogP contribution in [0, 0.1) is 5.92 Å². The second-order valence-corrected chi connectivity index (χ2v) is 8.81. The third-order valence-corrected chi connectivity index (χ3v) is 6.95. The molecule has 2 aliphatic heterocycles. The Labute approximate surface area is 153 Å². The van der Waals surface area contributed by atoms with Crippen LogP contribution in [0.3, 0.4) is 0 Å². The van der Waals surface area contributed by atoms with E-state index in [-0.39, 0.29) is 0 Å². The van der Waals surface area contributed by atoms with Gasteiger partial charge in [0, 0.05) is 31.1 Å². The fourth-order valence-corrected chi connectivity index (χ4v) is 5.55. The highest BCUT2D eigenvalue weighted by Crippen LogP contribution is 2.41. The Kier molecular flexibility index (Phi) is 4.14. The summed E-state index contributed by atoms with van der Waals surface area (Å²) >= 11 is 1.92. The monoisotopic (exact) mass is 358 g/mol. The van der Waals surface area contributed by atoms with Crippen LogP contribution in [0.4, 0.5) is 5.82 Å². The molecule has 2 aromatic heterocycles. The Morgan fingerprint density at radius 2 is 2.00 bits per heavy atom. The van der Waals surface area contributed by atoms with E-state index in [1.54, 1.807) is 10.4 Å². The van der Waals surface area contributed by atoms with Crippen molar-refractivity contribution in [2.45, 2.75) is 39.2 Å². The number of thiophene rings is 1. The van der Waals surface area contributed by atoms with Crippen molar-refractivity contribution < 1.29 is 4.74 Å². The molecule has 2 aromatic rings. The number of hydrogen-bond acceptors (Lipinski definition) is 6. The van der Waals surface area contributed by atoms with Crippen molar-refractivity contribution in [2.24, 2.45) is 5.92 Å². The molecule has 2 fully saturated rings. The summed E-state index contributed by atoms with van der Waals surface area (Å²) in [6.45, 7) is 9.13. The molecule has 1 aliphatic carbocycles. The van der Waals surface area contributed by atoms with Crippen LogP contribution in [0.5, 0.6) is 0 Å². The molecule has 0 radical (unpaired) electrons. The van der Waals surface area contributed by atoms with Crippen LogP contribution in [0.2, 0.25) is 0 Å². The van der Waals surface area contributed by atoms with Crippen LogP contribution < -0.4 is 4.90 Å². The Morgan fingerprint density at radius 3 is 2.76 bits per heavy atom. The van der Waals surface area contributed by atoms with Gasteiger partial charge in [-0.2, -0.15) is 0 Å². The maximum absolute atomic E-state index is 5.47. The van der Waals surface area contributed by atoms with E-state index < -0.39 is 0 Å². The van der Waals surface area contributed by atoms with Gasteiger partial charge in [-0.25, -0.2) is 9.97 Å². The fraction of sp³-hybridized carbons (Fsp3) is 0.684. The molecule has 5 rings (SSSR count). The van der Waals surface area contributed by atoms with Gasteiger partial charge in [0.2, 0.25) is 0 Å². The van der Waals surface area contributed by atoms with Gasteiger partial charge in [0.25, 0.3) is 0 Å².